The number of rotatable bonds is 3. The fourth-order valence-corrected chi connectivity index (χ4v) is 4.56. The normalized spacial score (nSPS) is 16.8. The van der Waals surface area contributed by atoms with Gasteiger partial charge in [-0.05, 0) is 47.9 Å². The van der Waals surface area contributed by atoms with Gasteiger partial charge in [-0.3, -0.25) is 9.69 Å². The lowest BCUT2D eigenvalue weighted by atomic mass is 10.0. The Balaban J connectivity index is 1.96. The summed E-state index contributed by atoms with van der Waals surface area (Å²) in [5, 5.41) is 2.80. The summed E-state index contributed by atoms with van der Waals surface area (Å²) in [5.41, 5.74) is 3.23. The van der Waals surface area contributed by atoms with Crippen LogP contribution >= 0.6 is 23.1 Å². The minimum Gasteiger partial charge on any atom is -0.286 e. The molecule has 0 aliphatic carbocycles. The Hall–Kier alpha value is -1.59. The first-order chi connectivity index (χ1) is 11.6. The number of thioether (sulfide) groups is 1. The fourth-order valence-electron chi connectivity index (χ4n) is 2.74. The van der Waals surface area contributed by atoms with Crippen LogP contribution in [0, 0.1) is 6.92 Å². The van der Waals surface area contributed by atoms with Gasteiger partial charge in [0.05, 0.1) is 10.6 Å². The number of carbonyl (C=O) groups excluding carboxylic acids is 1. The predicted molar refractivity (Wildman–Crippen MR) is 105 cm³/mol. The Labute approximate surface area is 151 Å². The van der Waals surface area contributed by atoms with Crippen molar-refractivity contribution < 1.29 is 4.79 Å². The molecular weight excluding hydrogens is 336 g/mol. The van der Waals surface area contributed by atoms with Crippen LogP contribution in [0.1, 0.15) is 47.0 Å². The van der Waals surface area contributed by atoms with Crippen LogP contribution in [0.5, 0.6) is 0 Å². The van der Waals surface area contributed by atoms with Crippen LogP contribution < -0.4 is 0 Å². The molecule has 0 atom stereocenters. The number of amidine groups is 1. The SMILES string of the molecule is Cc1ccsc1C(=O)N1CCCSC1=Nc1ccccc1C(C)C. The van der Waals surface area contributed by atoms with Gasteiger partial charge in [0, 0.05) is 12.3 Å². The minimum atomic E-state index is 0.0791. The van der Waals surface area contributed by atoms with Crippen molar-refractivity contribution in [3.05, 3.63) is 51.7 Å². The van der Waals surface area contributed by atoms with Crippen molar-refractivity contribution in [2.75, 3.05) is 12.3 Å². The van der Waals surface area contributed by atoms with Crippen LogP contribution in [0.25, 0.3) is 0 Å². The molecule has 1 aliphatic heterocycles. The molecule has 1 saturated heterocycles. The van der Waals surface area contributed by atoms with Gasteiger partial charge in [0.25, 0.3) is 5.91 Å². The lowest BCUT2D eigenvalue weighted by Gasteiger charge is -2.28. The van der Waals surface area contributed by atoms with Gasteiger partial charge < -0.3 is 0 Å². The minimum absolute atomic E-state index is 0.0791. The van der Waals surface area contributed by atoms with E-state index >= 15 is 0 Å². The van der Waals surface area contributed by atoms with Crippen LogP contribution in [0.3, 0.4) is 0 Å². The summed E-state index contributed by atoms with van der Waals surface area (Å²) < 4.78 is 0. The Bertz CT molecular complexity index is 764. The molecule has 1 fully saturated rings. The van der Waals surface area contributed by atoms with Crippen molar-refractivity contribution in [3.8, 4) is 0 Å². The highest BCUT2D eigenvalue weighted by Crippen LogP contribution is 2.30. The van der Waals surface area contributed by atoms with E-state index in [4.69, 9.17) is 4.99 Å². The largest absolute Gasteiger partial charge is 0.286 e. The quantitative estimate of drug-likeness (QED) is 0.731. The number of aryl methyl sites for hydroxylation is 1. The molecule has 0 unspecified atom stereocenters. The zero-order valence-corrected chi connectivity index (χ0v) is 15.9. The summed E-state index contributed by atoms with van der Waals surface area (Å²) >= 11 is 3.19. The van der Waals surface area contributed by atoms with E-state index in [-0.39, 0.29) is 5.91 Å². The molecule has 24 heavy (non-hydrogen) atoms. The Morgan fingerprint density at radius 2 is 2.04 bits per heavy atom. The van der Waals surface area contributed by atoms with E-state index in [0.29, 0.717) is 5.92 Å². The summed E-state index contributed by atoms with van der Waals surface area (Å²) in [6.07, 6.45) is 1.01. The molecule has 0 spiro atoms. The monoisotopic (exact) mass is 358 g/mol. The smallest absolute Gasteiger partial charge is 0.270 e. The van der Waals surface area contributed by atoms with Crippen molar-refractivity contribution >= 4 is 39.9 Å². The maximum atomic E-state index is 12.9. The van der Waals surface area contributed by atoms with E-state index in [0.717, 1.165) is 40.0 Å². The Morgan fingerprint density at radius 1 is 1.25 bits per heavy atom. The first kappa shape index (κ1) is 17.2. The molecule has 0 radical (unpaired) electrons. The van der Waals surface area contributed by atoms with Crippen molar-refractivity contribution in [3.63, 3.8) is 0 Å². The Kier molecular flexibility index (Phi) is 5.41. The molecule has 3 nitrogen and oxygen atoms in total. The number of carbonyl (C=O) groups is 1. The summed E-state index contributed by atoms with van der Waals surface area (Å²) in [5.74, 6) is 1.49. The second kappa shape index (κ2) is 7.53. The van der Waals surface area contributed by atoms with Crippen molar-refractivity contribution in [1.82, 2.24) is 4.90 Å². The third-order valence-corrected chi connectivity index (χ3v) is 6.13. The van der Waals surface area contributed by atoms with Crippen LogP contribution in [0.4, 0.5) is 5.69 Å². The lowest BCUT2D eigenvalue weighted by molar-refractivity contribution is 0.0853. The standard InChI is InChI=1S/C19H22N2OS2/c1-13(2)15-7-4-5-8-16(15)20-19-21(10-6-11-24-19)18(22)17-14(3)9-12-23-17/h4-5,7-9,12-13H,6,10-11H2,1-3H3. The van der Waals surface area contributed by atoms with Gasteiger partial charge >= 0.3 is 0 Å². The zero-order chi connectivity index (χ0) is 17.1. The van der Waals surface area contributed by atoms with Gasteiger partial charge in [-0.25, -0.2) is 4.99 Å². The van der Waals surface area contributed by atoms with Gasteiger partial charge in [0.15, 0.2) is 5.17 Å². The maximum Gasteiger partial charge on any atom is 0.270 e. The van der Waals surface area contributed by atoms with Crippen LogP contribution in [0.15, 0.2) is 40.7 Å². The van der Waals surface area contributed by atoms with Crippen molar-refractivity contribution in [2.24, 2.45) is 4.99 Å². The van der Waals surface area contributed by atoms with Gasteiger partial charge in [-0.15, -0.1) is 11.3 Å². The molecule has 2 aromatic rings. The molecule has 3 rings (SSSR count). The predicted octanol–water partition coefficient (Wildman–Crippen LogP) is 5.45. The fraction of sp³-hybridized carbons (Fsp3) is 0.368. The van der Waals surface area contributed by atoms with Gasteiger partial charge in [0.2, 0.25) is 0 Å². The molecular formula is C19H22N2OS2. The number of benzene rings is 1. The van der Waals surface area contributed by atoms with Crippen molar-refractivity contribution in [2.45, 2.75) is 33.1 Å². The number of amides is 1. The highest BCUT2D eigenvalue weighted by atomic mass is 32.2. The average molecular weight is 359 g/mol. The van der Waals surface area contributed by atoms with E-state index in [1.54, 1.807) is 11.8 Å². The molecule has 0 saturated carbocycles. The van der Waals surface area contributed by atoms with E-state index in [1.807, 2.05) is 41.5 Å². The van der Waals surface area contributed by atoms with E-state index in [1.165, 1.54) is 16.9 Å². The highest BCUT2D eigenvalue weighted by molar-refractivity contribution is 8.13. The van der Waals surface area contributed by atoms with Gasteiger partial charge in [0.1, 0.15) is 0 Å². The van der Waals surface area contributed by atoms with Crippen LogP contribution in [-0.4, -0.2) is 28.3 Å². The van der Waals surface area contributed by atoms with E-state index in [2.05, 4.69) is 19.9 Å². The molecule has 1 aromatic carbocycles. The molecule has 0 N–H and O–H groups in total. The van der Waals surface area contributed by atoms with Crippen molar-refractivity contribution in [1.29, 1.82) is 0 Å². The number of para-hydroxylation sites is 1. The molecule has 126 valence electrons. The van der Waals surface area contributed by atoms with Crippen LogP contribution in [-0.2, 0) is 0 Å². The lowest BCUT2D eigenvalue weighted by Crippen LogP contribution is -2.39. The third kappa shape index (κ3) is 3.57. The average Bonchev–Trinajstić information content (AvgIpc) is 3.01. The van der Waals surface area contributed by atoms with E-state index in [9.17, 15) is 4.79 Å². The number of hydrogen-bond acceptors (Lipinski definition) is 4. The first-order valence-corrected chi connectivity index (χ1v) is 10.1. The van der Waals surface area contributed by atoms with Gasteiger partial charge in [-0.1, -0.05) is 43.8 Å². The Morgan fingerprint density at radius 3 is 2.75 bits per heavy atom. The third-order valence-electron chi connectivity index (χ3n) is 4.06. The molecule has 1 aliphatic rings. The highest BCUT2D eigenvalue weighted by Gasteiger charge is 2.26. The first-order valence-electron chi connectivity index (χ1n) is 8.24. The summed E-state index contributed by atoms with van der Waals surface area (Å²) in [6.45, 7) is 7.08. The van der Waals surface area contributed by atoms with Gasteiger partial charge in [-0.2, -0.15) is 0 Å². The molecule has 1 aromatic heterocycles. The summed E-state index contributed by atoms with van der Waals surface area (Å²) in [6, 6.07) is 10.2. The molecule has 2 heterocycles. The zero-order valence-electron chi connectivity index (χ0n) is 14.3. The number of hydrogen-bond donors (Lipinski definition) is 0. The number of aliphatic imine (C=N–C) groups is 1. The van der Waals surface area contributed by atoms with E-state index < -0.39 is 0 Å². The second-order valence-electron chi connectivity index (χ2n) is 6.20. The summed E-state index contributed by atoms with van der Waals surface area (Å²) in [7, 11) is 0. The number of nitrogens with zero attached hydrogens (tertiary/aromatic N) is 2. The molecule has 0 bridgehead atoms. The second-order valence-corrected chi connectivity index (χ2v) is 8.18. The topological polar surface area (TPSA) is 32.7 Å². The maximum absolute atomic E-state index is 12.9. The van der Waals surface area contributed by atoms with Crippen LogP contribution in [0.2, 0.25) is 0 Å². The molecule has 1 amide bonds. The summed E-state index contributed by atoms with van der Waals surface area (Å²) in [4.78, 5) is 20.5. The molecule has 5 heteroatoms. The number of thiophene rings is 1.